The van der Waals surface area contributed by atoms with Crippen LogP contribution in [0.2, 0.25) is 0 Å². The molecule has 5 rings (SSSR count). The van der Waals surface area contributed by atoms with Crippen LogP contribution < -0.4 is 15.4 Å². The van der Waals surface area contributed by atoms with E-state index in [0.29, 0.717) is 23.5 Å². The van der Waals surface area contributed by atoms with Crippen molar-refractivity contribution in [1.29, 1.82) is 0 Å². The van der Waals surface area contributed by atoms with Crippen molar-refractivity contribution in [3.05, 3.63) is 89.7 Å². The van der Waals surface area contributed by atoms with Crippen LogP contribution in [0.25, 0.3) is 11.3 Å². The lowest BCUT2D eigenvalue weighted by atomic mass is 10.1. The Morgan fingerprint density at radius 3 is 2.67 bits per heavy atom. The number of carbonyl (C=O) groups excluding carboxylic acids is 2. The Bertz CT molecular complexity index is 1310. The molecule has 33 heavy (non-hydrogen) atoms. The number of nitrogens with one attached hydrogen (secondary N) is 3. The normalized spacial score (nSPS) is 14.3. The van der Waals surface area contributed by atoms with Gasteiger partial charge >= 0.3 is 0 Å². The first-order chi connectivity index (χ1) is 16.1. The molecule has 3 N–H and O–H groups in total. The second kappa shape index (κ2) is 8.58. The van der Waals surface area contributed by atoms with Gasteiger partial charge in [-0.1, -0.05) is 24.3 Å². The largest absolute Gasteiger partial charge is 0.480 e. The summed E-state index contributed by atoms with van der Waals surface area (Å²) in [6.07, 6.45) is 3.31. The Hall–Kier alpha value is -4.46. The summed E-state index contributed by atoms with van der Waals surface area (Å²) >= 11 is 0. The SMILES string of the molecule is Cc1c(NC(=O)c2cccc(NC(=O)C3Cc4ccccc4O3)c2)n[nH]c1-c1ccncc1. The van der Waals surface area contributed by atoms with Crippen LogP contribution in [0, 0.1) is 6.92 Å². The molecule has 0 radical (unpaired) electrons. The molecular formula is C25H21N5O3. The topological polar surface area (TPSA) is 109 Å². The second-order valence-corrected chi connectivity index (χ2v) is 7.75. The summed E-state index contributed by atoms with van der Waals surface area (Å²) in [5, 5.41) is 12.9. The van der Waals surface area contributed by atoms with Gasteiger partial charge in [0.2, 0.25) is 0 Å². The smallest absolute Gasteiger partial charge is 0.265 e. The summed E-state index contributed by atoms with van der Waals surface area (Å²) in [5.41, 5.74) is 4.48. The number of aromatic amines is 1. The third-order valence-electron chi connectivity index (χ3n) is 5.54. The van der Waals surface area contributed by atoms with Crippen molar-refractivity contribution in [3.63, 3.8) is 0 Å². The fourth-order valence-corrected chi connectivity index (χ4v) is 3.79. The number of pyridine rings is 1. The molecule has 1 unspecified atom stereocenters. The summed E-state index contributed by atoms with van der Waals surface area (Å²) < 4.78 is 5.74. The number of anilines is 2. The zero-order valence-electron chi connectivity index (χ0n) is 17.8. The van der Waals surface area contributed by atoms with Gasteiger partial charge in [0, 0.05) is 41.2 Å². The maximum absolute atomic E-state index is 12.8. The van der Waals surface area contributed by atoms with Gasteiger partial charge in [0.1, 0.15) is 5.75 Å². The molecule has 1 atom stereocenters. The number of hydrogen-bond donors (Lipinski definition) is 3. The van der Waals surface area contributed by atoms with Crippen molar-refractivity contribution in [2.24, 2.45) is 0 Å². The van der Waals surface area contributed by atoms with Crippen molar-refractivity contribution >= 4 is 23.3 Å². The molecule has 2 aromatic heterocycles. The summed E-state index contributed by atoms with van der Waals surface area (Å²) in [4.78, 5) is 29.5. The lowest BCUT2D eigenvalue weighted by molar-refractivity contribution is -0.122. The van der Waals surface area contributed by atoms with Crippen LogP contribution in [0.1, 0.15) is 21.5 Å². The van der Waals surface area contributed by atoms with E-state index in [1.165, 1.54) is 0 Å². The number of hydrogen-bond acceptors (Lipinski definition) is 5. The summed E-state index contributed by atoms with van der Waals surface area (Å²) in [6, 6.07) is 18.1. The minimum Gasteiger partial charge on any atom is -0.480 e. The Morgan fingerprint density at radius 2 is 1.85 bits per heavy atom. The highest BCUT2D eigenvalue weighted by Crippen LogP contribution is 2.29. The molecule has 2 aromatic carbocycles. The number of para-hydroxylation sites is 1. The predicted octanol–water partition coefficient (Wildman–Crippen LogP) is 3.97. The quantitative estimate of drug-likeness (QED) is 0.436. The van der Waals surface area contributed by atoms with Gasteiger partial charge in [0.25, 0.3) is 11.8 Å². The molecule has 8 heteroatoms. The minimum absolute atomic E-state index is 0.256. The van der Waals surface area contributed by atoms with Gasteiger partial charge in [-0.2, -0.15) is 5.10 Å². The van der Waals surface area contributed by atoms with E-state index in [-0.39, 0.29) is 11.8 Å². The second-order valence-electron chi connectivity index (χ2n) is 7.75. The van der Waals surface area contributed by atoms with Gasteiger partial charge in [-0.3, -0.25) is 19.7 Å². The highest BCUT2D eigenvalue weighted by molar-refractivity contribution is 6.05. The van der Waals surface area contributed by atoms with Crippen molar-refractivity contribution in [3.8, 4) is 17.0 Å². The van der Waals surface area contributed by atoms with E-state index in [9.17, 15) is 9.59 Å². The molecule has 0 spiro atoms. The molecule has 0 fully saturated rings. The molecule has 8 nitrogen and oxygen atoms in total. The fourth-order valence-electron chi connectivity index (χ4n) is 3.79. The molecule has 1 aliphatic rings. The van der Waals surface area contributed by atoms with Crippen LogP contribution in [-0.2, 0) is 11.2 Å². The summed E-state index contributed by atoms with van der Waals surface area (Å²) in [7, 11) is 0. The average Bonchev–Trinajstić information content (AvgIpc) is 3.44. The molecule has 2 amide bonds. The highest BCUT2D eigenvalue weighted by atomic mass is 16.5. The maximum Gasteiger partial charge on any atom is 0.265 e. The minimum atomic E-state index is -0.599. The van der Waals surface area contributed by atoms with E-state index in [4.69, 9.17) is 4.74 Å². The zero-order valence-corrected chi connectivity index (χ0v) is 17.8. The number of ether oxygens (including phenoxy) is 1. The third kappa shape index (κ3) is 4.18. The zero-order chi connectivity index (χ0) is 22.8. The van der Waals surface area contributed by atoms with Crippen molar-refractivity contribution in [1.82, 2.24) is 15.2 Å². The molecule has 0 saturated carbocycles. The molecular weight excluding hydrogens is 418 g/mol. The number of carbonyl (C=O) groups is 2. The standard InChI is InChI=1S/C25H21N5O3/c1-15-22(16-9-11-26-12-10-16)29-30-23(15)28-24(31)18-6-4-7-19(13-18)27-25(32)21-14-17-5-2-3-8-20(17)33-21/h2-13,21H,14H2,1H3,(H,27,32)(H2,28,29,30,31). The van der Waals surface area contributed by atoms with Crippen LogP contribution in [0.5, 0.6) is 5.75 Å². The molecule has 3 heterocycles. The fraction of sp³-hybridized carbons (Fsp3) is 0.120. The van der Waals surface area contributed by atoms with Crippen molar-refractivity contribution in [2.45, 2.75) is 19.4 Å². The third-order valence-corrected chi connectivity index (χ3v) is 5.54. The Morgan fingerprint density at radius 1 is 1.03 bits per heavy atom. The van der Waals surface area contributed by atoms with E-state index < -0.39 is 6.10 Å². The van der Waals surface area contributed by atoms with Gasteiger partial charge in [-0.05, 0) is 48.9 Å². The highest BCUT2D eigenvalue weighted by Gasteiger charge is 2.28. The number of H-pyrrole nitrogens is 1. The Labute approximate surface area is 190 Å². The van der Waals surface area contributed by atoms with Gasteiger partial charge in [0.05, 0.1) is 5.69 Å². The molecule has 1 aliphatic heterocycles. The summed E-state index contributed by atoms with van der Waals surface area (Å²) in [6.45, 7) is 1.88. The van der Waals surface area contributed by atoms with Gasteiger partial charge in [-0.25, -0.2) is 0 Å². The van der Waals surface area contributed by atoms with E-state index in [1.54, 1.807) is 36.7 Å². The van der Waals surface area contributed by atoms with Crippen molar-refractivity contribution in [2.75, 3.05) is 10.6 Å². The molecule has 164 valence electrons. The monoisotopic (exact) mass is 439 g/mol. The number of nitrogens with zero attached hydrogens (tertiary/aromatic N) is 2. The van der Waals surface area contributed by atoms with Crippen LogP contribution in [-0.4, -0.2) is 33.1 Å². The molecule has 0 aliphatic carbocycles. The first kappa shape index (κ1) is 20.4. The van der Waals surface area contributed by atoms with Crippen LogP contribution in [0.3, 0.4) is 0 Å². The first-order valence-corrected chi connectivity index (χ1v) is 10.5. The summed E-state index contributed by atoms with van der Waals surface area (Å²) in [5.74, 6) is 0.588. The predicted molar refractivity (Wildman–Crippen MR) is 124 cm³/mol. The maximum atomic E-state index is 12.8. The van der Waals surface area contributed by atoms with Crippen molar-refractivity contribution < 1.29 is 14.3 Å². The number of rotatable bonds is 5. The van der Waals surface area contributed by atoms with Crippen LogP contribution in [0.4, 0.5) is 11.5 Å². The average molecular weight is 439 g/mol. The lowest BCUT2D eigenvalue weighted by Gasteiger charge is -2.12. The van der Waals surface area contributed by atoms with Gasteiger partial charge in [0.15, 0.2) is 11.9 Å². The number of benzene rings is 2. The Kier molecular flexibility index (Phi) is 5.32. The molecule has 4 aromatic rings. The van der Waals surface area contributed by atoms with Crippen LogP contribution >= 0.6 is 0 Å². The van der Waals surface area contributed by atoms with Crippen LogP contribution in [0.15, 0.2) is 73.1 Å². The van der Waals surface area contributed by atoms with Gasteiger partial charge in [-0.15, -0.1) is 0 Å². The number of amides is 2. The van der Waals surface area contributed by atoms with E-state index in [1.807, 2.05) is 43.3 Å². The molecule has 0 saturated heterocycles. The lowest BCUT2D eigenvalue weighted by Crippen LogP contribution is -2.31. The Balaban J connectivity index is 1.26. The first-order valence-electron chi connectivity index (χ1n) is 10.5. The van der Waals surface area contributed by atoms with E-state index in [0.717, 1.165) is 28.1 Å². The van der Waals surface area contributed by atoms with E-state index in [2.05, 4.69) is 25.8 Å². The number of fused-ring (bicyclic) bond motifs is 1. The number of aromatic nitrogens is 3. The van der Waals surface area contributed by atoms with Gasteiger partial charge < -0.3 is 15.4 Å². The molecule has 0 bridgehead atoms. The van der Waals surface area contributed by atoms with E-state index >= 15 is 0 Å².